The second-order valence-electron chi connectivity index (χ2n) is 9.51. The Balaban J connectivity index is 2.19. The lowest BCUT2D eigenvalue weighted by atomic mass is 10.0. The van der Waals surface area contributed by atoms with E-state index in [0.717, 1.165) is 12.1 Å². The van der Waals surface area contributed by atoms with Crippen LogP contribution in [0.4, 0.5) is 8.78 Å². The van der Waals surface area contributed by atoms with Gasteiger partial charge in [0.05, 0.1) is 6.04 Å². The van der Waals surface area contributed by atoms with Crippen LogP contribution < -0.4 is 38.9 Å². The zero-order valence-electron chi connectivity index (χ0n) is 22.8. The van der Waals surface area contributed by atoms with E-state index >= 15 is 0 Å². The number of rotatable bonds is 16. The number of aliphatic imine (C=N–C) groups is 1. The molecule has 0 aliphatic heterocycles. The highest BCUT2D eigenvalue weighted by Gasteiger charge is 2.28. The molecule has 228 valence electrons. The van der Waals surface area contributed by atoms with Gasteiger partial charge in [-0.2, -0.15) is 0 Å². The molecular weight excluding hydrogens is 554 g/mol. The molecule has 0 aliphatic rings. The van der Waals surface area contributed by atoms with Crippen LogP contribution in [0.2, 0.25) is 0 Å². The minimum absolute atomic E-state index is 0.0327. The zero-order valence-corrected chi connectivity index (χ0v) is 22.8. The number of primary amides is 1. The molecule has 0 aliphatic carbocycles. The molecule has 0 aromatic heterocycles. The van der Waals surface area contributed by atoms with E-state index in [1.54, 1.807) is 0 Å². The van der Waals surface area contributed by atoms with Crippen molar-refractivity contribution in [3.63, 3.8) is 0 Å². The molecule has 4 amide bonds. The van der Waals surface area contributed by atoms with Gasteiger partial charge in [0.25, 0.3) is 0 Å². The molecule has 0 saturated heterocycles. The van der Waals surface area contributed by atoms with Crippen LogP contribution >= 0.6 is 0 Å². The number of nitrogens with zero attached hydrogens (tertiary/aromatic N) is 1. The van der Waals surface area contributed by atoms with Crippen LogP contribution in [0.3, 0.4) is 0 Å². The molecule has 15 heteroatoms. The summed E-state index contributed by atoms with van der Waals surface area (Å²) in [6.45, 7) is 0.0722. The third-order valence-electron chi connectivity index (χ3n) is 6.04. The highest BCUT2D eigenvalue weighted by atomic mass is 19.1. The van der Waals surface area contributed by atoms with Crippen LogP contribution in [0, 0.1) is 11.6 Å². The molecule has 0 saturated carbocycles. The molecular formula is C27H36F2N8O5. The molecule has 13 nitrogen and oxygen atoms in total. The van der Waals surface area contributed by atoms with Gasteiger partial charge in [-0.3, -0.25) is 24.2 Å². The second kappa shape index (κ2) is 16.5. The maximum Gasteiger partial charge on any atom is 0.243 e. The van der Waals surface area contributed by atoms with Gasteiger partial charge in [-0.15, -0.1) is 0 Å². The molecule has 0 spiro atoms. The molecule has 0 fully saturated rings. The SMILES string of the molecule is NC(=O)CCNC(=O)[C@H](Cc1ccc(F)cc1)NC(=O)[C@@H](CCCN=C(N)N)NC(=O)[C@@H](N)Cc1ccc(O)c(F)c1. The second-order valence-corrected chi connectivity index (χ2v) is 9.51. The van der Waals surface area contributed by atoms with Crippen molar-refractivity contribution in [3.8, 4) is 5.75 Å². The Labute approximate surface area is 241 Å². The predicted molar refractivity (Wildman–Crippen MR) is 150 cm³/mol. The standard InChI is InChI=1S/C27H36F2N8O5/c28-17-6-3-15(4-7-17)14-21(25(41)34-11-9-23(31)39)37-26(42)20(2-1-10-35-27(32)33)36-24(40)19(30)13-16-5-8-22(38)18(29)12-16/h3-8,12,19-21,38H,1-2,9-11,13-14,30H2,(H2,31,39)(H,34,41)(H,36,40)(H,37,42)(H4,32,33,35)/t19-,20+,21-/m0/s1. The minimum Gasteiger partial charge on any atom is -0.505 e. The molecule has 0 radical (unpaired) electrons. The topological polar surface area (TPSA) is 241 Å². The summed E-state index contributed by atoms with van der Waals surface area (Å²) in [4.78, 5) is 54.1. The number of phenolic OH excluding ortho intramolecular Hbond substituents is 1. The number of phenols is 1. The molecule has 0 bridgehead atoms. The normalized spacial score (nSPS) is 12.8. The number of carbonyl (C=O) groups excluding carboxylic acids is 4. The Morgan fingerprint density at radius 1 is 0.857 bits per heavy atom. The van der Waals surface area contributed by atoms with Gasteiger partial charge >= 0.3 is 0 Å². The number of amides is 4. The number of halogens is 2. The van der Waals surface area contributed by atoms with E-state index in [-0.39, 0.29) is 51.2 Å². The molecule has 0 heterocycles. The number of nitrogens with two attached hydrogens (primary N) is 4. The number of nitrogens with one attached hydrogen (secondary N) is 3. The first-order valence-electron chi connectivity index (χ1n) is 13.0. The van der Waals surface area contributed by atoms with E-state index in [0.29, 0.717) is 11.1 Å². The lowest BCUT2D eigenvalue weighted by Crippen LogP contribution is -2.56. The number of hydrogen-bond donors (Lipinski definition) is 8. The highest BCUT2D eigenvalue weighted by Crippen LogP contribution is 2.17. The van der Waals surface area contributed by atoms with Gasteiger partial charge < -0.3 is 44.0 Å². The first-order valence-corrected chi connectivity index (χ1v) is 13.0. The Morgan fingerprint density at radius 3 is 2.12 bits per heavy atom. The number of aromatic hydroxyl groups is 1. The van der Waals surface area contributed by atoms with Crippen molar-refractivity contribution in [3.05, 3.63) is 65.2 Å². The van der Waals surface area contributed by atoms with E-state index in [4.69, 9.17) is 22.9 Å². The molecule has 3 atom stereocenters. The summed E-state index contributed by atoms with van der Waals surface area (Å²) in [5.41, 5.74) is 22.7. The third kappa shape index (κ3) is 11.8. The first kappa shape index (κ1) is 33.4. The fourth-order valence-corrected chi connectivity index (χ4v) is 3.85. The van der Waals surface area contributed by atoms with Crippen LogP contribution in [0.5, 0.6) is 5.75 Å². The summed E-state index contributed by atoms with van der Waals surface area (Å²) < 4.78 is 27.1. The van der Waals surface area contributed by atoms with Gasteiger partial charge in [0, 0.05) is 25.9 Å². The molecule has 0 unspecified atom stereocenters. The largest absolute Gasteiger partial charge is 0.505 e. The Hall–Kier alpha value is -4.79. The summed E-state index contributed by atoms with van der Waals surface area (Å²) in [6, 6.07) is 5.35. The van der Waals surface area contributed by atoms with Crippen LogP contribution in [0.1, 0.15) is 30.4 Å². The molecule has 2 aromatic rings. The summed E-state index contributed by atoms with van der Waals surface area (Å²) in [5, 5.41) is 17.0. The molecule has 42 heavy (non-hydrogen) atoms. The zero-order chi connectivity index (χ0) is 31.2. The Morgan fingerprint density at radius 2 is 1.50 bits per heavy atom. The van der Waals surface area contributed by atoms with Gasteiger partial charge in [-0.1, -0.05) is 18.2 Å². The number of benzene rings is 2. The van der Waals surface area contributed by atoms with Crippen molar-refractivity contribution in [2.24, 2.45) is 27.9 Å². The lowest BCUT2D eigenvalue weighted by molar-refractivity contribution is -0.132. The summed E-state index contributed by atoms with van der Waals surface area (Å²) >= 11 is 0. The van der Waals surface area contributed by atoms with Crippen molar-refractivity contribution in [2.75, 3.05) is 13.1 Å². The van der Waals surface area contributed by atoms with E-state index in [1.807, 2.05) is 0 Å². The van der Waals surface area contributed by atoms with Crippen molar-refractivity contribution in [2.45, 2.75) is 50.2 Å². The average molecular weight is 591 g/mol. The first-order chi connectivity index (χ1) is 19.8. The summed E-state index contributed by atoms with van der Waals surface area (Å²) in [7, 11) is 0. The summed E-state index contributed by atoms with van der Waals surface area (Å²) in [5.74, 6) is -4.80. The lowest BCUT2D eigenvalue weighted by Gasteiger charge is -2.24. The maximum absolute atomic E-state index is 13.7. The van der Waals surface area contributed by atoms with Crippen LogP contribution in [-0.2, 0) is 32.0 Å². The van der Waals surface area contributed by atoms with Gasteiger partial charge in [-0.25, -0.2) is 8.78 Å². The molecule has 12 N–H and O–H groups in total. The van der Waals surface area contributed by atoms with E-state index in [2.05, 4.69) is 20.9 Å². The summed E-state index contributed by atoms with van der Waals surface area (Å²) in [6.07, 6.45) is 0.0642. The average Bonchev–Trinajstić information content (AvgIpc) is 2.92. The van der Waals surface area contributed by atoms with Crippen LogP contribution in [0.25, 0.3) is 0 Å². The minimum atomic E-state index is -1.19. The molecule has 2 aromatic carbocycles. The molecule has 2 rings (SSSR count). The van der Waals surface area contributed by atoms with Crippen molar-refractivity contribution >= 4 is 29.6 Å². The van der Waals surface area contributed by atoms with Crippen LogP contribution in [-0.4, -0.2) is 65.9 Å². The fourth-order valence-electron chi connectivity index (χ4n) is 3.85. The van der Waals surface area contributed by atoms with Crippen molar-refractivity contribution in [1.29, 1.82) is 0 Å². The van der Waals surface area contributed by atoms with Gasteiger partial charge in [-0.05, 0) is 54.7 Å². The van der Waals surface area contributed by atoms with Crippen molar-refractivity contribution < 1.29 is 33.1 Å². The van der Waals surface area contributed by atoms with Crippen LogP contribution in [0.15, 0.2) is 47.5 Å². The van der Waals surface area contributed by atoms with E-state index in [1.165, 1.54) is 30.3 Å². The van der Waals surface area contributed by atoms with Gasteiger partial charge in [0.2, 0.25) is 23.6 Å². The third-order valence-corrected chi connectivity index (χ3v) is 6.04. The van der Waals surface area contributed by atoms with E-state index < -0.39 is 59.1 Å². The Kier molecular flexibility index (Phi) is 13.1. The Bertz CT molecular complexity index is 1270. The number of hydrogen-bond acceptors (Lipinski definition) is 7. The van der Waals surface area contributed by atoms with Crippen molar-refractivity contribution in [1.82, 2.24) is 16.0 Å². The maximum atomic E-state index is 13.7. The highest BCUT2D eigenvalue weighted by molar-refractivity contribution is 5.93. The fraction of sp³-hybridized carbons (Fsp3) is 0.370. The van der Waals surface area contributed by atoms with Gasteiger partial charge in [0.1, 0.15) is 17.9 Å². The predicted octanol–water partition coefficient (Wildman–Crippen LogP) is -1.20. The quantitative estimate of drug-likeness (QED) is 0.0669. The van der Waals surface area contributed by atoms with E-state index in [9.17, 15) is 33.1 Å². The number of carbonyl (C=O) groups is 4. The monoisotopic (exact) mass is 590 g/mol. The number of guanidine groups is 1. The van der Waals surface area contributed by atoms with Gasteiger partial charge in [0.15, 0.2) is 17.5 Å². The smallest absolute Gasteiger partial charge is 0.243 e.